The summed E-state index contributed by atoms with van der Waals surface area (Å²) in [5, 5.41) is 1.82. The van der Waals surface area contributed by atoms with Gasteiger partial charge >= 0.3 is 6.16 Å². The van der Waals surface area contributed by atoms with Crippen LogP contribution in [-0.4, -0.2) is 61.4 Å². The third kappa shape index (κ3) is 3.60. The van der Waals surface area contributed by atoms with E-state index >= 15 is 4.39 Å². The predicted octanol–water partition coefficient (Wildman–Crippen LogP) is 3.54. The molecule has 1 amide bonds. The Morgan fingerprint density at radius 3 is 2.55 bits per heavy atom. The molecular weight excluding hydrogens is 403 g/mol. The summed E-state index contributed by atoms with van der Waals surface area (Å²) in [6, 6.07) is 3.06. The molecule has 1 saturated heterocycles. The van der Waals surface area contributed by atoms with Crippen LogP contribution in [0.15, 0.2) is 17.9 Å². The van der Waals surface area contributed by atoms with Gasteiger partial charge in [0, 0.05) is 25.7 Å². The Labute approximate surface area is 173 Å². The van der Waals surface area contributed by atoms with E-state index in [-0.39, 0.29) is 28.5 Å². The normalized spacial score (nSPS) is 19.2. The van der Waals surface area contributed by atoms with Gasteiger partial charge in [-0.25, -0.2) is 9.18 Å². The van der Waals surface area contributed by atoms with Crippen LogP contribution in [0.4, 0.5) is 9.18 Å². The first-order chi connectivity index (χ1) is 13.8. The van der Waals surface area contributed by atoms with Gasteiger partial charge in [-0.05, 0) is 38.3 Å². The number of nitrogens with zero attached hydrogens (tertiary/aromatic N) is 2. The van der Waals surface area contributed by atoms with Crippen LogP contribution >= 0.6 is 11.6 Å². The molecule has 2 aliphatic rings. The smallest absolute Gasteiger partial charge is 0.434 e. The topological polar surface area (TPSA) is 68.3 Å². The Morgan fingerprint density at radius 2 is 1.97 bits per heavy atom. The van der Waals surface area contributed by atoms with E-state index in [0.29, 0.717) is 31.5 Å². The molecule has 0 unspecified atom stereocenters. The summed E-state index contributed by atoms with van der Waals surface area (Å²) in [6.45, 7) is 4.33. The number of halogens is 2. The monoisotopic (exact) mass is 426 g/mol. The lowest BCUT2D eigenvalue weighted by molar-refractivity contribution is -0.162. The molecule has 1 fully saturated rings. The lowest BCUT2D eigenvalue weighted by Gasteiger charge is -2.43. The molecule has 1 aromatic rings. The first-order valence-corrected chi connectivity index (χ1v) is 9.76. The highest BCUT2D eigenvalue weighted by molar-refractivity contribution is 6.35. The highest BCUT2D eigenvalue weighted by Gasteiger charge is 2.54. The second kappa shape index (κ2) is 8.30. The van der Waals surface area contributed by atoms with Crippen molar-refractivity contribution in [2.45, 2.75) is 32.2 Å². The second-order valence-corrected chi connectivity index (χ2v) is 7.46. The third-order valence-corrected chi connectivity index (χ3v) is 5.91. The van der Waals surface area contributed by atoms with Gasteiger partial charge < -0.3 is 19.2 Å². The van der Waals surface area contributed by atoms with Crippen LogP contribution in [0, 0.1) is 12.7 Å². The van der Waals surface area contributed by atoms with E-state index in [4.69, 9.17) is 25.9 Å². The number of hydroxylamine groups is 2. The summed E-state index contributed by atoms with van der Waals surface area (Å²) in [6.07, 6.45) is -0.0699. The van der Waals surface area contributed by atoms with Crippen molar-refractivity contribution >= 4 is 29.2 Å². The summed E-state index contributed by atoms with van der Waals surface area (Å²) in [5.74, 6) is -1.00. The largest absolute Gasteiger partial charge is 0.513 e. The maximum Gasteiger partial charge on any atom is 0.513 e. The van der Waals surface area contributed by atoms with E-state index in [2.05, 4.69) is 0 Å². The molecule has 0 bridgehead atoms. The van der Waals surface area contributed by atoms with Crippen LogP contribution in [0.5, 0.6) is 0 Å². The molecule has 1 spiro atoms. The Hall–Kier alpha value is -2.16. The Morgan fingerprint density at radius 1 is 1.31 bits per heavy atom. The molecule has 3 rings (SSSR count). The highest BCUT2D eigenvalue weighted by atomic mass is 35.5. The number of piperidine rings is 1. The summed E-state index contributed by atoms with van der Waals surface area (Å²) >= 11 is 6.29. The minimum absolute atomic E-state index is 0.0439. The fourth-order valence-electron chi connectivity index (χ4n) is 3.93. The quantitative estimate of drug-likeness (QED) is 0.686. The number of hydrogen-bond donors (Lipinski definition) is 0. The lowest BCUT2D eigenvalue weighted by Crippen LogP contribution is -2.53. The van der Waals surface area contributed by atoms with Gasteiger partial charge in [0.25, 0.3) is 5.91 Å². The average molecular weight is 427 g/mol. The molecule has 0 aliphatic carbocycles. The molecule has 7 nitrogen and oxygen atoms in total. The van der Waals surface area contributed by atoms with Crippen molar-refractivity contribution in [2.75, 3.05) is 33.9 Å². The van der Waals surface area contributed by atoms with Gasteiger partial charge in [-0.2, -0.15) is 5.06 Å². The summed E-state index contributed by atoms with van der Waals surface area (Å²) in [7, 11) is 3.19. The predicted molar refractivity (Wildman–Crippen MR) is 104 cm³/mol. The van der Waals surface area contributed by atoms with E-state index in [1.165, 1.54) is 17.0 Å². The number of benzene rings is 1. The molecule has 9 heteroatoms. The van der Waals surface area contributed by atoms with Crippen molar-refractivity contribution in [1.29, 1.82) is 0 Å². The van der Waals surface area contributed by atoms with Crippen molar-refractivity contribution in [2.24, 2.45) is 0 Å². The first kappa shape index (κ1) is 21.5. The zero-order valence-electron chi connectivity index (χ0n) is 16.9. The van der Waals surface area contributed by atoms with Crippen LogP contribution in [0.3, 0.4) is 0 Å². The van der Waals surface area contributed by atoms with Crippen LogP contribution < -0.4 is 0 Å². The van der Waals surface area contributed by atoms with Crippen LogP contribution in [0.1, 0.15) is 30.9 Å². The highest BCUT2D eigenvalue weighted by Crippen LogP contribution is 2.48. The molecule has 0 aromatic heterocycles. The van der Waals surface area contributed by atoms with E-state index in [1.807, 2.05) is 0 Å². The molecule has 2 heterocycles. The molecule has 0 saturated carbocycles. The van der Waals surface area contributed by atoms with Crippen molar-refractivity contribution in [3.8, 4) is 0 Å². The van der Waals surface area contributed by atoms with Gasteiger partial charge in [0.1, 0.15) is 11.4 Å². The van der Waals surface area contributed by atoms with Gasteiger partial charge in [0.05, 0.1) is 24.3 Å². The standard InChI is InChI=1S/C20H24ClFN2O5/c1-5-28-19(26)29-17-15(14-13(21)7-6-12(2)16(14)22)18(25)23(3)20(17)8-10-24(27-4)11-9-20/h6-7H,5,8-11H2,1-4H3. The summed E-state index contributed by atoms with van der Waals surface area (Å²) < 4.78 is 25.5. The minimum Gasteiger partial charge on any atom is -0.434 e. The van der Waals surface area contributed by atoms with Gasteiger partial charge in [-0.3, -0.25) is 4.79 Å². The molecule has 158 valence electrons. The molecule has 0 atom stereocenters. The van der Waals surface area contributed by atoms with Gasteiger partial charge in [0.15, 0.2) is 5.76 Å². The number of aryl methyl sites for hydroxylation is 1. The maximum atomic E-state index is 15.1. The second-order valence-electron chi connectivity index (χ2n) is 7.05. The van der Waals surface area contributed by atoms with E-state index in [9.17, 15) is 9.59 Å². The zero-order valence-corrected chi connectivity index (χ0v) is 17.6. The fraction of sp³-hybridized carbons (Fsp3) is 0.500. The number of carbonyl (C=O) groups excluding carboxylic acids is 2. The Kier molecular flexibility index (Phi) is 6.16. The SMILES string of the molecule is CCOC(=O)OC1=C(c2c(Cl)ccc(C)c2F)C(=O)N(C)C12CCN(OC)CC2. The summed E-state index contributed by atoms with van der Waals surface area (Å²) in [4.78, 5) is 32.2. The molecule has 0 radical (unpaired) electrons. The fourth-order valence-corrected chi connectivity index (χ4v) is 4.17. The molecule has 29 heavy (non-hydrogen) atoms. The van der Waals surface area contributed by atoms with Gasteiger partial charge in [-0.1, -0.05) is 17.7 Å². The van der Waals surface area contributed by atoms with E-state index < -0.39 is 23.4 Å². The molecular formula is C20H24ClFN2O5. The van der Waals surface area contributed by atoms with Crippen LogP contribution in [0.2, 0.25) is 5.02 Å². The first-order valence-electron chi connectivity index (χ1n) is 9.38. The molecule has 1 aromatic carbocycles. The number of likely N-dealkylation sites (N-methyl/N-ethyl adjacent to an activating group) is 1. The minimum atomic E-state index is -0.944. The zero-order chi connectivity index (χ0) is 21.3. The number of rotatable bonds is 4. The van der Waals surface area contributed by atoms with Crippen LogP contribution in [-0.2, 0) is 19.1 Å². The van der Waals surface area contributed by atoms with Crippen molar-refractivity contribution < 1.29 is 28.3 Å². The van der Waals surface area contributed by atoms with Crippen molar-refractivity contribution in [3.05, 3.63) is 39.9 Å². The van der Waals surface area contributed by atoms with E-state index in [1.54, 1.807) is 33.1 Å². The van der Waals surface area contributed by atoms with Crippen molar-refractivity contribution in [1.82, 2.24) is 9.96 Å². The third-order valence-electron chi connectivity index (χ3n) is 5.60. The summed E-state index contributed by atoms with van der Waals surface area (Å²) in [5.41, 5.74) is -0.697. The Bertz CT molecular complexity index is 865. The number of carbonyl (C=O) groups is 2. The van der Waals surface area contributed by atoms with Crippen molar-refractivity contribution in [3.63, 3.8) is 0 Å². The Balaban J connectivity index is 2.20. The molecule has 2 aliphatic heterocycles. The average Bonchev–Trinajstić information content (AvgIpc) is 2.89. The number of ether oxygens (including phenoxy) is 2. The number of hydrogen-bond acceptors (Lipinski definition) is 6. The van der Waals surface area contributed by atoms with Gasteiger partial charge in [0.2, 0.25) is 0 Å². The maximum absolute atomic E-state index is 15.1. The van der Waals surface area contributed by atoms with E-state index in [0.717, 1.165) is 0 Å². The van der Waals surface area contributed by atoms with Crippen LogP contribution in [0.25, 0.3) is 5.57 Å². The molecule has 0 N–H and O–H groups in total. The van der Waals surface area contributed by atoms with Gasteiger partial charge in [-0.15, -0.1) is 0 Å². The number of amides is 1. The lowest BCUT2D eigenvalue weighted by atomic mass is 9.85.